The number of alkyl halides is 3. The van der Waals surface area contributed by atoms with E-state index >= 15 is 0 Å². The Kier molecular flexibility index (Phi) is 4.60. The highest BCUT2D eigenvalue weighted by Gasteiger charge is 2.38. The summed E-state index contributed by atoms with van der Waals surface area (Å²) in [5.41, 5.74) is -1.14. The van der Waals surface area contributed by atoms with Crippen molar-refractivity contribution in [2.75, 3.05) is 6.54 Å². The van der Waals surface area contributed by atoms with E-state index in [1.807, 2.05) is 6.92 Å². The number of piperidine rings is 1. The molecule has 0 radical (unpaired) electrons. The smallest absolute Gasteiger partial charge is 0.313 e. The van der Waals surface area contributed by atoms with E-state index in [1.165, 1.54) is 12.1 Å². The molecule has 4 nitrogen and oxygen atoms in total. The molecule has 0 bridgehead atoms. The van der Waals surface area contributed by atoms with Crippen LogP contribution in [0.15, 0.2) is 29.2 Å². The van der Waals surface area contributed by atoms with Crippen molar-refractivity contribution in [1.82, 2.24) is 10.0 Å². The third kappa shape index (κ3) is 3.75. The van der Waals surface area contributed by atoms with E-state index in [2.05, 4.69) is 10.0 Å². The normalized spacial score (nSPS) is 24.0. The summed E-state index contributed by atoms with van der Waals surface area (Å²) in [6.07, 6.45) is -3.33. The van der Waals surface area contributed by atoms with Crippen LogP contribution in [0.2, 0.25) is 0 Å². The average Bonchev–Trinajstić information content (AvgIpc) is 2.40. The molecule has 2 rings (SSSR count). The minimum absolute atomic E-state index is 0.119. The van der Waals surface area contributed by atoms with Crippen molar-refractivity contribution in [1.29, 1.82) is 0 Å². The van der Waals surface area contributed by atoms with Gasteiger partial charge in [-0.3, -0.25) is 0 Å². The molecule has 1 heterocycles. The van der Waals surface area contributed by atoms with Crippen molar-refractivity contribution >= 4 is 10.0 Å². The number of sulfonamides is 1. The van der Waals surface area contributed by atoms with Crippen molar-refractivity contribution in [2.45, 2.75) is 42.9 Å². The molecule has 0 saturated carbocycles. The number of nitrogens with one attached hydrogen (secondary N) is 2. The highest BCUT2D eigenvalue weighted by Crippen LogP contribution is 2.34. The van der Waals surface area contributed by atoms with Gasteiger partial charge in [-0.1, -0.05) is 12.1 Å². The van der Waals surface area contributed by atoms with Gasteiger partial charge in [0.25, 0.3) is 0 Å². The molecule has 1 aliphatic heterocycles. The van der Waals surface area contributed by atoms with Gasteiger partial charge in [-0.05, 0) is 38.4 Å². The Labute approximate surface area is 121 Å². The lowest BCUT2D eigenvalue weighted by molar-refractivity contribution is -0.139. The molecule has 0 spiro atoms. The molecule has 0 aliphatic carbocycles. The maximum Gasteiger partial charge on any atom is 0.417 e. The zero-order valence-corrected chi connectivity index (χ0v) is 12.3. The number of hydrogen-bond acceptors (Lipinski definition) is 3. The van der Waals surface area contributed by atoms with Crippen LogP contribution in [0.5, 0.6) is 0 Å². The molecule has 2 atom stereocenters. The van der Waals surface area contributed by atoms with Gasteiger partial charge in [0.1, 0.15) is 0 Å². The summed E-state index contributed by atoms with van der Waals surface area (Å²) in [7, 11) is -4.22. The van der Waals surface area contributed by atoms with E-state index in [9.17, 15) is 21.6 Å². The Morgan fingerprint density at radius 1 is 1.29 bits per heavy atom. The van der Waals surface area contributed by atoms with Crippen LogP contribution in [-0.2, 0) is 16.2 Å². The molecule has 1 fully saturated rings. The van der Waals surface area contributed by atoms with Gasteiger partial charge in [-0.25, -0.2) is 13.1 Å². The first-order valence-electron chi connectivity index (χ1n) is 6.64. The zero-order valence-electron chi connectivity index (χ0n) is 11.4. The molecule has 0 aromatic heterocycles. The Bertz CT molecular complexity index is 602. The standard InChI is InChI=1S/C13H17F3N2O2S/c1-9-11(6-4-8-17-9)18-21(19,20)12-7-3-2-5-10(12)13(14,15)16/h2-3,5,7,9,11,17-18H,4,6,8H2,1H3/t9-,11+/m0/s1. The van der Waals surface area contributed by atoms with Gasteiger partial charge in [0.05, 0.1) is 10.5 Å². The molecular weight excluding hydrogens is 305 g/mol. The van der Waals surface area contributed by atoms with E-state index in [-0.39, 0.29) is 6.04 Å². The van der Waals surface area contributed by atoms with Crippen LogP contribution in [0.1, 0.15) is 25.3 Å². The Balaban J connectivity index is 2.32. The summed E-state index contributed by atoms with van der Waals surface area (Å²) in [4.78, 5) is -0.727. The van der Waals surface area contributed by atoms with Crippen LogP contribution in [0.25, 0.3) is 0 Å². The molecular formula is C13H17F3N2O2S. The molecule has 0 unspecified atom stereocenters. The first-order chi connectivity index (χ1) is 9.72. The molecule has 1 aromatic carbocycles. The lowest BCUT2D eigenvalue weighted by Gasteiger charge is -2.30. The number of rotatable bonds is 3. The molecule has 1 aromatic rings. The van der Waals surface area contributed by atoms with Crippen LogP contribution < -0.4 is 10.0 Å². The van der Waals surface area contributed by atoms with Gasteiger partial charge in [0, 0.05) is 12.1 Å². The topological polar surface area (TPSA) is 58.2 Å². The quantitative estimate of drug-likeness (QED) is 0.896. The first-order valence-corrected chi connectivity index (χ1v) is 8.12. The van der Waals surface area contributed by atoms with Gasteiger partial charge in [0.15, 0.2) is 0 Å². The van der Waals surface area contributed by atoms with E-state index in [0.29, 0.717) is 6.42 Å². The molecule has 0 amide bonds. The first kappa shape index (κ1) is 16.3. The molecule has 8 heteroatoms. The third-order valence-electron chi connectivity index (χ3n) is 3.55. The van der Waals surface area contributed by atoms with Crippen LogP contribution >= 0.6 is 0 Å². The fourth-order valence-electron chi connectivity index (χ4n) is 2.40. The fraction of sp³-hybridized carbons (Fsp3) is 0.538. The Morgan fingerprint density at radius 2 is 1.95 bits per heavy atom. The van der Waals surface area contributed by atoms with Crippen molar-refractivity contribution in [3.63, 3.8) is 0 Å². The van der Waals surface area contributed by atoms with Crippen molar-refractivity contribution in [3.8, 4) is 0 Å². The zero-order chi connectivity index (χ0) is 15.7. The Hall–Kier alpha value is -1.12. The third-order valence-corrected chi connectivity index (χ3v) is 5.10. The highest BCUT2D eigenvalue weighted by molar-refractivity contribution is 7.89. The van der Waals surface area contributed by atoms with E-state index in [1.54, 1.807) is 0 Å². The lowest BCUT2D eigenvalue weighted by atomic mass is 10.0. The van der Waals surface area contributed by atoms with Gasteiger partial charge < -0.3 is 5.32 Å². The summed E-state index contributed by atoms with van der Waals surface area (Å²) >= 11 is 0. The summed E-state index contributed by atoms with van der Waals surface area (Å²) in [6, 6.07) is 3.68. The predicted molar refractivity (Wildman–Crippen MR) is 72.3 cm³/mol. The molecule has 118 valence electrons. The average molecular weight is 322 g/mol. The van der Waals surface area contributed by atoms with Gasteiger partial charge in [-0.15, -0.1) is 0 Å². The number of halogens is 3. The molecule has 2 N–H and O–H groups in total. The van der Waals surface area contributed by atoms with Gasteiger partial charge >= 0.3 is 6.18 Å². The summed E-state index contributed by atoms with van der Waals surface area (Å²) in [6.45, 7) is 2.58. The second-order valence-corrected chi connectivity index (χ2v) is 6.79. The minimum Gasteiger partial charge on any atom is -0.313 e. The maximum atomic E-state index is 12.9. The SMILES string of the molecule is C[C@@H]1NCCC[C@H]1NS(=O)(=O)c1ccccc1C(F)(F)F. The van der Waals surface area contributed by atoms with E-state index in [0.717, 1.165) is 25.1 Å². The molecule has 1 saturated heterocycles. The summed E-state index contributed by atoms with van der Waals surface area (Å²) in [5, 5.41) is 3.10. The van der Waals surface area contributed by atoms with Crippen molar-refractivity contribution in [2.24, 2.45) is 0 Å². The monoisotopic (exact) mass is 322 g/mol. The van der Waals surface area contributed by atoms with Gasteiger partial charge in [0.2, 0.25) is 10.0 Å². The summed E-state index contributed by atoms with van der Waals surface area (Å²) < 4.78 is 65.7. The lowest BCUT2D eigenvalue weighted by Crippen LogP contribution is -2.51. The van der Waals surface area contributed by atoms with Crippen molar-refractivity contribution in [3.05, 3.63) is 29.8 Å². The number of benzene rings is 1. The fourth-order valence-corrected chi connectivity index (χ4v) is 3.98. The second kappa shape index (κ2) is 5.94. The highest BCUT2D eigenvalue weighted by atomic mass is 32.2. The minimum atomic E-state index is -4.71. The van der Waals surface area contributed by atoms with Crippen molar-refractivity contribution < 1.29 is 21.6 Å². The summed E-state index contributed by atoms with van der Waals surface area (Å²) in [5.74, 6) is 0. The van der Waals surface area contributed by atoms with Crippen LogP contribution in [0.3, 0.4) is 0 Å². The van der Waals surface area contributed by atoms with E-state index in [4.69, 9.17) is 0 Å². The molecule has 1 aliphatic rings. The van der Waals surface area contributed by atoms with Crippen LogP contribution in [-0.4, -0.2) is 27.0 Å². The maximum absolute atomic E-state index is 12.9. The largest absolute Gasteiger partial charge is 0.417 e. The van der Waals surface area contributed by atoms with Crippen LogP contribution in [0, 0.1) is 0 Å². The predicted octanol–water partition coefficient (Wildman–Crippen LogP) is 2.12. The number of hydrogen-bond donors (Lipinski definition) is 2. The Morgan fingerprint density at radius 3 is 2.57 bits per heavy atom. The second-order valence-electron chi connectivity index (χ2n) is 5.11. The molecule has 21 heavy (non-hydrogen) atoms. The van der Waals surface area contributed by atoms with E-state index < -0.39 is 32.7 Å². The van der Waals surface area contributed by atoms with Crippen LogP contribution in [0.4, 0.5) is 13.2 Å². The van der Waals surface area contributed by atoms with Gasteiger partial charge in [-0.2, -0.15) is 13.2 Å².